The van der Waals surface area contributed by atoms with Gasteiger partial charge in [-0.25, -0.2) is 0 Å². The summed E-state index contributed by atoms with van der Waals surface area (Å²) in [6.07, 6.45) is -0.553. The Bertz CT molecular complexity index is 576. The Morgan fingerprint density at radius 3 is 2.55 bits per heavy atom. The van der Waals surface area contributed by atoms with Crippen LogP contribution in [0.2, 0.25) is 0 Å². The molecule has 2 aromatic carbocycles. The highest BCUT2D eigenvalue weighted by atomic mass is 16.5. The van der Waals surface area contributed by atoms with Crippen LogP contribution in [0.15, 0.2) is 42.5 Å². The molecule has 0 saturated heterocycles. The highest BCUT2D eigenvalue weighted by molar-refractivity contribution is 5.39. The Balaban J connectivity index is 2.20. The molecule has 2 aromatic rings. The predicted octanol–water partition coefficient (Wildman–Crippen LogP) is 3.64. The summed E-state index contributed by atoms with van der Waals surface area (Å²) in [5.41, 5.74) is 2.88. The Morgan fingerprint density at radius 1 is 1.10 bits per heavy atom. The van der Waals surface area contributed by atoms with Gasteiger partial charge in [0, 0.05) is 11.1 Å². The fraction of sp³-hybridized carbons (Fsp3) is 0.294. The minimum atomic E-state index is -0.553. The summed E-state index contributed by atoms with van der Waals surface area (Å²) in [6.45, 7) is 4.15. The molecule has 0 heterocycles. The first-order valence-corrected chi connectivity index (χ1v) is 6.65. The van der Waals surface area contributed by atoms with E-state index in [-0.39, 0.29) is 0 Å². The van der Waals surface area contributed by atoms with Gasteiger partial charge >= 0.3 is 0 Å². The number of aliphatic hydroxyl groups excluding tert-OH is 1. The van der Waals surface area contributed by atoms with Crippen molar-refractivity contribution in [2.45, 2.75) is 26.6 Å². The number of rotatable bonds is 5. The summed E-state index contributed by atoms with van der Waals surface area (Å²) >= 11 is 0. The van der Waals surface area contributed by atoms with Crippen LogP contribution in [0.25, 0.3) is 0 Å². The van der Waals surface area contributed by atoms with Crippen molar-refractivity contribution in [2.24, 2.45) is 0 Å². The van der Waals surface area contributed by atoms with Crippen LogP contribution in [0.5, 0.6) is 11.5 Å². The first-order chi connectivity index (χ1) is 9.61. The molecule has 0 aliphatic heterocycles. The maximum absolute atomic E-state index is 9.79. The van der Waals surface area contributed by atoms with Gasteiger partial charge in [-0.15, -0.1) is 0 Å². The van der Waals surface area contributed by atoms with Gasteiger partial charge in [-0.2, -0.15) is 0 Å². The average Bonchev–Trinajstić information content (AvgIpc) is 2.45. The van der Waals surface area contributed by atoms with Gasteiger partial charge in [-0.05, 0) is 31.5 Å². The minimum Gasteiger partial charge on any atom is -0.496 e. The smallest absolute Gasteiger partial charge is 0.125 e. The molecule has 0 aromatic heterocycles. The Hall–Kier alpha value is -2.00. The highest BCUT2D eigenvalue weighted by Crippen LogP contribution is 2.28. The second-order valence-electron chi connectivity index (χ2n) is 4.82. The summed E-state index contributed by atoms with van der Waals surface area (Å²) in [4.78, 5) is 0. The van der Waals surface area contributed by atoms with Crippen molar-refractivity contribution in [1.82, 2.24) is 0 Å². The second kappa shape index (κ2) is 6.44. The van der Waals surface area contributed by atoms with E-state index >= 15 is 0 Å². The number of hydrogen-bond donors (Lipinski definition) is 1. The number of ether oxygens (including phenoxy) is 2. The fourth-order valence-electron chi connectivity index (χ4n) is 2.09. The molecule has 0 saturated carbocycles. The third-order valence-corrected chi connectivity index (χ3v) is 3.19. The molecule has 0 aliphatic carbocycles. The maximum atomic E-state index is 9.79. The van der Waals surface area contributed by atoms with Gasteiger partial charge < -0.3 is 14.6 Å². The normalized spacial score (nSPS) is 12.0. The number of methoxy groups -OCH3 is 1. The lowest BCUT2D eigenvalue weighted by molar-refractivity contribution is 0.190. The third kappa shape index (κ3) is 3.31. The molecule has 0 aliphatic rings. The second-order valence-corrected chi connectivity index (χ2v) is 4.82. The van der Waals surface area contributed by atoms with E-state index in [0.717, 1.165) is 22.4 Å². The van der Waals surface area contributed by atoms with Gasteiger partial charge in [0.1, 0.15) is 18.1 Å². The SMILES string of the molecule is COc1ccccc1COc1cc(C)ccc1C(C)O. The molecule has 1 unspecified atom stereocenters. The van der Waals surface area contributed by atoms with Crippen molar-refractivity contribution in [3.63, 3.8) is 0 Å². The van der Waals surface area contributed by atoms with Crippen molar-refractivity contribution in [2.75, 3.05) is 7.11 Å². The number of para-hydroxylation sites is 1. The molecule has 0 spiro atoms. The summed E-state index contributed by atoms with van der Waals surface area (Å²) in [5, 5.41) is 9.79. The molecule has 2 rings (SSSR count). The lowest BCUT2D eigenvalue weighted by Gasteiger charge is -2.15. The van der Waals surface area contributed by atoms with Crippen LogP contribution in [-0.2, 0) is 6.61 Å². The van der Waals surface area contributed by atoms with Crippen molar-refractivity contribution in [3.8, 4) is 11.5 Å². The molecular formula is C17H20O3. The van der Waals surface area contributed by atoms with Crippen LogP contribution >= 0.6 is 0 Å². The van der Waals surface area contributed by atoms with E-state index in [9.17, 15) is 5.11 Å². The van der Waals surface area contributed by atoms with Crippen LogP contribution < -0.4 is 9.47 Å². The fourth-order valence-corrected chi connectivity index (χ4v) is 2.09. The Kier molecular flexibility index (Phi) is 4.64. The van der Waals surface area contributed by atoms with Gasteiger partial charge in [-0.1, -0.05) is 30.3 Å². The van der Waals surface area contributed by atoms with E-state index in [1.165, 1.54) is 0 Å². The lowest BCUT2D eigenvalue weighted by Crippen LogP contribution is -2.02. The Labute approximate surface area is 119 Å². The molecule has 3 nitrogen and oxygen atoms in total. The number of benzene rings is 2. The zero-order valence-corrected chi connectivity index (χ0v) is 12.1. The summed E-state index contributed by atoms with van der Waals surface area (Å²) in [6, 6.07) is 13.6. The van der Waals surface area contributed by atoms with Crippen molar-refractivity contribution < 1.29 is 14.6 Å². The summed E-state index contributed by atoms with van der Waals surface area (Å²) < 4.78 is 11.2. The third-order valence-electron chi connectivity index (χ3n) is 3.19. The Morgan fingerprint density at radius 2 is 1.85 bits per heavy atom. The molecule has 0 fully saturated rings. The molecule has 106 valence electrons. The molecule has 1 atom stereocenters. The molecule has 20 heavy (non-hydrogen) atoms. The number of hydrogen-bond acceptors (Lipinski definition) is 3. The standard InChI is InChI=1S/C17H20O3/c1-12-8-9-15(13(2)18)17(10-12)20-11-14-6-4-5-7-16(14)19-3/h4-10,13,18H,11H2,1-3H3. The van der Waals surface area contributed by atoms with Crippen LogP contribution in [0, 0.1) is 6.92 Å². The molecule has 1 N–H and O–H groups in total. The summed E-state index contributed by atoms with van der Waals surface area (Å²) in [7, 11) is 1.65. The van der Waals surface area contributed by atoms with Crippen LogP contribution in [0.3, 0.4) is 0 Å². The van der Waals surface area contributed by atoms with E-state index in [2.05, 4.69) is 0 Å². The van der Waals surface area contributed by atoms with Gasteiger partial charge in [0.05, 0.1) is 13.2 Å². The van der Waals surface area contributed by atoms with Crippen molar-refractivity contribution >= 4 is 0 Å². The topological polar surface area (TPSA) is 38.7 Å². The number of aryl methyl sites for hydroxylation is 1. The predicted molar refractivity (Wildman–Crippen MR) is 79.1 cm³/mol. The molecule has 3 heteroatoms. The van der Waals surface area contributed by atoms with Crippen LogP contribution in [0.1, 0.15) is 29.7 Å². The number of aliphatic hydroxyl groups is 1. The molecule has 0 amide bonds. The van der Waals surface area contributed by atoms with Gasteiger partial charge in [-0.3, -0.25) is 0 Å². The van der Waals surface area contributed by atoms with E-state index in [4.69, 9.17) is 9.47 Å². The van der Waals surface area contributed by atoms with Gasteiger partial charge in [0.15, 0.2) is 0 Å². The molecule has 0 bridgehead atoms. The van der Waals surface area contributed by atoms with Gasteiger partial charge in [0.2, 0.25) is 0 Å². The zero-order valence-electron chi connectivity index (χ0n) is 12.1. The molecular weight excluding hydrogens is 252 g/mol. The van der Waals surface area contributed by atoms with E-state index < -0.39 is 6.10 Å². The average molecular weight is 272 g/mol. The highest BCUT2D eigenvalue weighted by Gasteiger charge is 2.10. The largest absolute Gasteiger partial charge is 0.496 e. The summed E-state index contributed by atoms with van der Waals surface area (Å²) in [5.74, 6) is 1.52. The van der Waals surface area contributed by atoms with Crippen LogP contribution in [-0.4, -0.2) is 12.2 Å². The maximum Gasteiger partial charge on any atom is 0.125 e. The van der Waals surface area contributed by atoms with E-state index in [0.29, 0.717) is 12.4 Å². The first kappa shape index (κ1) is 14.4. The van der Waals surface area contributed by atoms with Crippen molar-refractivity contribution in [3.05, 3.63) is 59.2 Å². The van der Waals surface area contributed by atoms with E-state index in [1.807, 2.05) is 49.4 Å². The first-order valence-electron chi connectivity index (χ1n) is 6.65. The molecule has 0 radical (unpaired) electrons. The van der Waals surface area contributed by atoms with Gasteiger partial charge in [0.25, 0.3) is 0 Å². The lowest BCUT2D eigenvalue weighted by atomic mass is 10.1. The van der Waals surface area contributed by atoms with Crippen molar-refractivity contribution in [1.29, 1.82) is 0 Å². The minimum absolute atomic E-state index is 0.410. The van der Waals surface area contributed by atoms with E-state index in [1.54, 1.807) is 14.0 Å². The zero-order chi connectivity index (χ0) is 14.5. The van der Waals surface area contributed by atoms with Crippen LogP contribution in [0.4, 0.5) is 0 Å². The quantitative estimate of drug-likeness (QED) is 0.903. The monoisotopic (exact) mass is 272 g/mol.